The lowest BCUT2D eigenvalue weighted by Crippen LogP contribution is -2.20. The van der Waals surface area contributed by atoms with E-state index in [2.05, 4.69) is 15.9 Å². The highest BCUT2D eigenvalue weighted by Crippen LogP contribution is 2.49. The molecular formula is C7H9BrO. The van der Waals surface area contributed by atoms with E-state index in [0.29, 0.717) is 11.7 Å². The zero-order valence-corrected chi connectivity index (χ0v) is 6.78. The highest BCUT2D eigenvalue weighted by atomic mass is 79.9. The normalized spacial score (nSPS) is 48.6. The number of Topliss-reactive ketones (excluding diaryl/α,β-unsaturated/α-hetero) is 1. The average Bonchev–Trinajstić information content (AvgIpc) is 2.24. The molecule has 1 nitrogen and oxygen atoms in total. The molecule has 0 aromatic carbocycles. The first-order chi connectivity index (χ1) is 4.22. The van der Waals surface area contributed by atoms with E-state index in [0.717, 1.165) is 25.7 Å². The third-order valence-electron chi connectivity index (χ3n) is 2.59. The fourth-order valence-electron chi connectivity index (χ4n) is 1.95. The number of fused-ring (bicyclic) bond motifs is 2. The van der Waals surface area contributed by atoms with Gasteiger partial charge in [0, 0.05) is 5.92 Å². The van der Waals surface area contributed by atoms with Gasteiger partial charge in [-0.25, -0.2) is 0 Å². The maximum Gasteiger partial charge on any atom is 0.152 e. The van der Waals surface area contributed by atoms with Crippen molar-refractivity contribution in [2.24, 2.45) is 5.92 Å². The number of rotatable bonds is 0. The molecule has 9 heavy (non-hydrogen) atoms. The minimum absolute atomic E-state index is 0.0579. The fraction of sp³-hybridized carbons (Fsp3) is 0.857. The highest BCUT2D eigenvalue weighted by Gasteiger charge is 2.50. The van der Waals surface area contributed by atoms with Crippen LogP contribution < -0.4 is 0 Å². The van der Waals surface area contributed by atoms with Crippen molar-refractivity contribution < 1.29 is 4.79 Å². The molecule has 0 radical (unpaired) electrons. The number of ketones is 1. The average molecular weight is 189 g/mol. The molecule has 0 amide bonds. The van der Waals surface area contributed by atoms with Gasteiger partial charge >= 0.3 is 0 Å². The van der Waals surface area contributed by atoms with E-state index < -0.39 is 0 Å². The van der Waals surface area contributed by atoms with Crippen molar-refractivity contribution in [2.45, 2.75) is 30.0 Å². The molecule has 0 atom stereocenters. The Morgan fingerprint density at radius 1 is 1.44 bits per heavy atom. The molecule has 0 aromatic rings. The van der Waals surface area contributed by atoms with Crippen molar-refractivity contribution in [1.82, 2.24) is 0 Å². The van der Waals surface area contributed by atoms with E-state index >= 15 is 0 Å². The van der Waals surface area contributed by atoms with E-state index in [-0.39, 0.29) is 4.32 Å². The summed E-state index contributed by atoms with van der Waals surface area (Å²) in [5.74, 6) is 0.895. The molecular weight excluding hydrogens is 180 g/mol. The van der Waals surface area contributed by atoms with Gasteiger partial charge in [0.15, 0.2) is 5.78 Å². The number of alkyl halides is 1. The molecule has 0 spiro atoms. The van der Waals surface area contributed by atoms with Gasteiger partial charge in [-0.05, 0) is 25.7 Å². The van der Waals surface area contributed by atoms with Gasteiger partial charge in [0.05, 0.1) is 4.32 Å². The second kappa shape index (κ2) is 1.60. The first-order valence-electron chi connectivity index (χ1n) is 3.46. The van der Waals surface area contributed by atoms with Gasteiger partial charge in [-0.2, -0.15) is 0 Å². The second-order valence-electron chi connectivity index (χ2n) is 3.10. The van der Waals surface area contributed by atoms with E-state index in [9.17, 15) is 4.79 Å². The van der Waals surface area contributed by atoms with Crippen molar-refractivity contribution in [2.75, 3.05) is 0 Å². The Bertz CT molecular complexity index is 156. The molecule has 2 aliphatic carbocycles. The molecule has 2 aliphatic rings. The van der Waals surface area contributed by atoms with Crippen LogP contribution in [0, 0.1) is 5.92 Å². The number of hydrogen-bond acceptors (Lipinski definition) is 1. The van der Waals surface area contributed by atoms with Crippen LogP contribution in [0.3, 0.4) is 0 Å². The summed E-state index contributed by atoms with van der Waals surface area (Å²) in [5, 5.41) is 0. The van der Waals surface area contributed by atoms with Crippen LogP contribution in [0.1, 0.15) is 25.7 Å². The SMILES string of the molecule is O=C1C2CCC1(Br)CC2. The molecule has 0 N–H and O–H groups in total. The molecule has 0 unspecified atom stereocenters. The maximum atomic E-state index is 11.2. The largest absolute Gasteiger partial charge is 0.298 e. The van der Waals surface area contributed by atoms with Crippen LogP contribution in [0.2, 0.25) is 0 Å². The predicted molar refractivity (Wildman–Crippen MR) is 38.6 cm³/mol. The fourth-order valence-corrected chi connectivity index (χ4v) is 2.73. The minimum Gasteiger partial charge on any atom is -0.298 e. The summed E-state index contributed by atoms with van der Waals surface area (Å²) in [5.41, 5.74) is 0. The summed E-state index contributed by atoms with van der Waals surface area (Å²) in [7, 11) is 0. The molecule has 2 saturated carbocycles. The highest BCUT2D eigenvalue weighted by molar-refractivity contribution is 9.10. The van der Waals surface area contributed by atoms with Gasteiger partial charge in [0.2, 0.25) is 0 Å². The van der Waals surface area contributed by atoms with E-state index in [1.807, 2.05) is 0 Å². The molecule has 0 aliphatic heterocycles. The van der Waals surface area contributed by atoms with Crippen molar-refractivity contribution in [3.8, 4) is 0 Å². The minimum atomic E-state index is -0.0579. The molecule has 0 saturated heterocycles. The Morgan fingerprint density at radius 2 is 2.00 bits per heavy atom. The molecule has 2 bridgehead atoms. The topological polar surface area (TPSA) is 17.1 Å². The molecule has 0 aromatic heterocycles. The summed E-state index contributed by atoms with van der Waals surface area (Å²) in [4.78, 5) is 11.2. The van der Waals surface area contributed by atoms with Crippen LogP contribution >= 0.6 is 15.9 Å². The monoisotopic (exact) mass is 188 g/mol. The van der Waals surface area contributed by atoms with Crippen LogP contribution in [-0.2, 0) is 4.79 Å². The Balaban J connectivity index is 2.36. The smallest absolute Gasteiger partial charge is 0.152 e. The Hall–Kier alpha value is 0.150. The van der Waals surface area contributed by atoms with Gasteiger partial charge in [0.1, 0.15) is 0 Å². The first kappa shape index (κ1) is 5.90. The van der Waals surface area contributed by atoms with Gasteiger partial charge in [0.25, 0.3) is 0 Å². The maximum absolute atomic E-state index is 11.2. The predicted octanol–water partition coefficient (Wildman–Crippen LogP) is 1.89. The second-order valence-corrected chi connectivity index (χ2v) is 4.62. The summed E-state index contributed by atoms with van der Waals surface area (Å²) in [6.45, 7) is 0. The van der Waals surface area contributed by atoms with E-state index in [1.54, 1.807) is 0 Å². The van der Waals surface area contributed by atoms with Gasteiger partial charge < -0.3 is 0 Å². The number of carbonyl (C=O) groups is 1. The van der Waals surface area contributed by atoms with Crippen molar-refractivity contribution in [1.29, 1.82) is 0 Å². The zero-order valence-electron chi connectivity index (χ0n) is 5.19. The number of carbonyl (C=O) groups excluding carboxylic acids is 1. The first-order valence-corrected chi connectivity index (χ1v) is 4.25. The Morgan fingerprint density at radius 3 is 2.11 bits per heavy atom. The lowest BCUT2D eigenvalue weighted by molar-refractivity contribution is -0.120. The Kier molecular flexibility index (Phi) is 1.05. The standard InChI is InChI=1S/C7H9BrO/c8-7-3-1-5(2-4-7)6(7)9/h5H,1-4H2. The van der Waals surface area contributed by atoms with E-state index in [1.165, 1.54) is 0 Å². The van der Waals surface area contributed by atoms with Crippen molar-refractivity contribution in [3.63, 3.8) is 0 Å². The van der Waals surface area contributed by atoms with Crippen LogP contribution in [0.4, 0.5) is 0 Å². The lowest BCUT2D eigenvalue weighted by Gasteiger charge is -2.14. The van der Waals surface area contributed by atoms with Crippen molar-refractivity contribution >= 4 is 21.7 Å². The van der Waals surface area contributed by atoms with Crippen LogP contribution in [0.5, 0.6) is 0 Å². The number of hydrogen-bond donors (Lipinski definition) is 0. The molecule has 2 rings (SSSR count). The van der Waals surface area contributed by atoms with E-state index in [4.69, 9.17) is 0 Å². The van der Waals surface area contributed by atoms with Gasteiger partial charge in [-0.3, -0.25) is 4.79 Å². The summed E-state index contributed by atoms with van der Waals surface area (Å²) in [6, 6.07) is 0. The third kappa shape index (κ3) is 0.628. The molecule has 2 fully saturated rings. The Labute approximate surface area is 62.9 Å². The molecule has 0 heterocycles. The van der Waals surface area contributed by atoms with Gasteiger partial charge in [-0.1, -0.05) is 15.9 Å². The summed E-state index contributed by atoms with van der Waals surface area (Å²) in [6.07, 6.45) is 4.42. The molecule has 2 heteroatoms. The lowest BCUT2D eigenvalue weighted by atomic mass is 10.0. The zero-order chi connectivity index (χ0) is 6.48. The van der Waals surface area contributed by atoms with Crippen LogP contribution in [-0.4, -0.2) is 10.1 Å². The quantitative estimate of drug-likeness (QED) is 0.532. The summed E-state index contributed by atoms with van der Waals surface area (Å²) < 4.78 is -0.0579. The van der Waals surface area contributed by atoms with Gasteiger partial charge in [-0.15, -0.1) is 0 Å². The van der Waals surface area contributed by atoms with Crippen LogP contribution in [0.15, 0.2) is 0 Å². The summed E-state index contributed by atoms with van der Waals surface area (Å²) >= 11 is 3.50. The van der Waals surface area contributed by atoms with Crippen molar-refractivity contribution in [3.05, 3.63) is 0 Å². The number of halogens is 1. The molecule has 50 valence electrons. The van der Waals surface area contributed by atoms with Crippen LogP contribution in [0.25, 0.3) is 0 Å². The third-order valence-corrected chi connectivity index (χ3v) is 3.77.